The van der Waals surface area contributed by atoms with Crippen molar-refractivity contribution in [2.45, 2.75) is 26.8 Å². The number of hydrogen-bond donors (Lipinski definition) is 1. The molecule has 0 amide bonds. The lowest BCUT2D eigenvalue weighted by Crippen LogP contribution is -2.06. The molecule has 1 aromatic carbocycles. The average Bonchev–Trinajstić information content (AvgIpc) is 2.45. The van der Waals surface area contributed by atoms with E-state index in [0.717, 1.165) is 12.0 Å². The molecule has 96 valence electrons. The predicted molar refractivity (Wildman–Crippen MR) is 76.8 cm³/mol. The van der Waals surface area contributed by atoms with E-state index >= 15 is 0 Å². The molecule has 0 unspecified atom stereocenters. The molecule has 0 fully saturated rings. The van der Waals surface area contributed by atoms with E-state index in [4.69, 9.17) is 5.26 Å². The maximum absolute atomic E-state index is 9.17. The Morgan fingerprint density at radius 3 is 2.63 bits per heavy atom. The highest BCUT2D eigenvalue weighted by molar-refractivity contribution is 5.55. The van der Waals surface area contributed by atoms with Crippen LogP contribution in [0.4, 0.5) is 5.82 Å². The Balaban J connectivity index is 2.20. The van der Waals surface area contributed by atoms with Gasteiger partial charge in [0.05, 0.1) is 5.56 Å². The molecular formula is C16H17N3. The van der Waals surface area contributed by atoms with Gasteiger partial charge in [0.15, 0.2) is 0 Å². The van der Waals surface area contributed by atoms with E-state index in [1.807, 2.05) is 25.1 Å². The minimum absolute atomic E-state index is 0.622. The largest absolute Gasteiger partial charge is 0.365 e. The van der Waals surface area contributed by atoms with E-state index in [1.165, 1.54) is 11.1 Å². The molecule has 3 heteroatoms. The van der Waals surface area contributed by atoms with Crippen LogP contribution in [-0.4, -0.2) is 4.98 Å². The summed E-state index contributed by atoms with van der Waals surface area (Å²) in [7, 11) is 0. The second kappa shape index (κ2) is 6.01. The van der Waals surface area contributed by atoms with Gasteiger partial charge in [-0.1, -0.05) is 31.2 Å². The molecule has 2 aromatic rings. The first-order chi connectivity index (χ1) is 9.26. The molecular weight excluding hydrogens is 234 g/mol. The maximum atomic E-state index is 9.17. The number of aryl methyl sites for hydroxylation is 2. The van der Waals surface area contributed by atoms with Crippen LogP contribution < -0.4 is 5.32 Å². The second-order valence-electron chi connectivity index (χ2n) is 4.44. The first kappa shape index (κ1) is 13.1. The molecule has 1 N–H and O–H groups in total. The van der Waals surface area contributed by atoms with Crippen LogP contribution in [0.25, 0.3) is 0 Å². The fraction of sp³-hybridized carbons (Fsp3) is 0.250. The van der Waals surface area contributed by atoms with E-state index in [9.17, 15) is 0 Å². The number of nitrogens with zero attached hydrogens (tertiary/aromatic N) is 2. The van der Waals surface area contributed by atoms with E-state index in [1.54, 1.807) is 6.20 Å². The van der Waals surface area contributed by atoms with E-state index in [-0.39, 0.29) is 0 Å². The Kier molecular flexibility index (Phi) is 4.15. The minimum Gasteiger partial charge on any atom is -0.365 e. The summed E-state index contributed by atoms with van der Waals surface area (Å²) in [5, 5.41) is 12.4. The second-order valence-corrected chi connectivity index (χ2v) is 4.44. The number of nitrogens with one attached hydrogen (secondary N) is 1. The summed E-state index contributed by atoms with van der Waals surface area (Å²) < 4.78 is 0. The van der Waals surface area contributed by atoms with Crippen molar-refractivity contribution in [1.29, 1.82) is 5.26 Å². The number of hydrogen-bond acceptors (Lipinski definition) is 3. The van der Waals surface area contributed by atoms with Gasteiger partial charge in [-0.2, -0.15) is 5.26 Å². The third kappa shape index (κ3) is 2.92. The lowest BCUT2D eigenvalue weighted by Gasteiger charge is -2.11. The highest BCUT2D eigenvalue weighted by atomic mass is 15.0. The van der Waals surface area contributed by atoms with Gasteiger partial charge in [0, 0.05) is 12.7 Å². The standard InChI is InChI=1S/C16H17N3/c1-3-13-6-4-5-7-14(13)11-19-16-15(10-17)12(2)8-9-18-16/h4-9H,3,11H2,1-2H3,(H,18,19). The Morgan fingerprint density at radius 1 is 1.21 bits per heavy atom. The Morgan fingerprint density at radius 2 is 1.95 bits per heavy atom. The zero-order valence-electron chi connectivity index (χ0n) is 11.3. The summed E-state index contributed by atoms with van der Waals surface area (Å²) in [6, 6.07) is 12.4. The van der Waals surface area contributed by atoms with E-state index < -0.39 is 0 Å². The van der Waals surface area contributed by atoms with Gasteiger partial charge in [0.2, 0.25) is 0 Å². The summed E-state index contributed by atoms with van der Waals surface area (Å²) in [6.07, 6.45) is 2.73. The molecule has 1 heterocycles. The third-order valence-electron chi connectivity index (χ3n) is 3.22. The molecule has 0 saturated heterocycles. The number of nitriles is 1. The summed E-state index contributed by atoms with van der Waals surface area (Å²) in [4.78, 5) is 4.25. The van der Waals surface area contributed by atoms with Gasteiger partial charge in [-0.25, -0.2) is 4.98 Å². The highest BCUT2D eigenvalue weighted by Crippen LogP contribution is 2.17. The average molecular weight is 251 g/mol. The SMILES string of the molecule is CCc1ccccc1CNc1nccc(C)c1C#N. The van der Waals surface area contributed by atoms with Gasteiger partial charge < -0.3 is 5.32 Å². The highest BCUT2D eigenvalue weighted by Gasteiger charge is 2.06. The van der Waals surface area contributed by atoms with Gasteiger partial charge in [0.1, 0.15) is 11.9 Å². The van der Waals surface area contributed by atoms with Gasteiger partial charge in [-0.05, 0) is 36.1 Å². The maximum Gasteiger partial charge on any atom is 0.144 e. The zero-order valence-corrected chi connectivity index (χ0v) is 11.3. The van der Waals surface area contributed by atoms with Crippen LogP contribution in [0, 0.1) is 18.3 Å². The number of aromatic nitrogens is 1. The molecule has 0 aliphatic heterocycles. The molecule has 2 rings (SSSR count). The van der Waals surface area contributed by atoms with Crippen molar-refractivity contribution in [2.75, 3.05) is 5.32 Å². The van der Waals surface area contributed by atoms with Gasteiger partial charge >= 0.3 is 0 Å². The van der Waals surface area contributed by atoms with Crippen LogP contribution in [0.5, 0.6) is 0 Å². The zero-order chi connectivity index (χ0) is 13.7. The van der Waals surface area contributed by atoms with Crippen LogP contribution in [0.1, 0.15) is 29.2 Å². The molecule has 1 aromatic heterocycles. The molecule has 0 bridgehead atoms. The van der Waals surface area contributed by atoms with Crippen molar-refractivity contribution in [2.24, 2.45) is 0 Å². The van der Waals surface area contributed by atoms with Crippen molar-refractivity contribution in [1.82, 2.24) is 4.98 Å². The number of anilines is 1. The summed E-state index contributed by atoms with van der Waals surface area (Å²) in [5.41, 5.74) is 4.14. The molecule has 0 aliphatic rings. The summed E-state index contributed by atoms with van der Waals surface area (Å²) in [5.74, 6) is 0.661. The number of pyridine rings is 1. The molecule has 0 radical (unpaired) electrons. The number of rotatable bonds is 4. The first-order valence-electron chi connectivity index (χ1n) is 6.42. The molecule has 0 spiro atoms. The molecule has 0 atom stereocenters. The normalized spacial score (nSPS) is 9.95. The van der Waals surface area contributed by atoms with E-state index in [0.29, 0.717) is 17.9 Å². The summed E-state index contributed by atoms with van der Waals surface area (Å²) >= 11 is 0. The fourth-order valence-electron chi connectivity index (χ4n) is 2.09. The Hall–Kier alpha value is -2.34. The van der Waals surface area contributed by atoms with Crippen molar-refractivity contribution in [3.8, 4) is 6.07 Å². The van der Waals surface area contributed by atoms with Crippen LogP contribution in [0.2, 0.25) is 0 Å². The third-order valence-corrected chi connectivity index (χ3v) is 3.22. The van der Waals surface area contributed by atoms with Gasteiger partial charge in [0.25, 0.3) is 0 Å². The van der Waals surface area contributed by atoms with Crippen LogP contribution in [0.15, 0.2) is 36.5 Å². The fourth-order valence-corrected chi connectivity index (χ4v) is 2.09. The lowest BCUT2D eigenvalue weighted by atomic mass is 10.1. The van der Waals surface area contributed by atoms with Crippen molar-refractivity contribution < 1.29 is 0 Å². The Labute approximate surface area is 113 Å². The van der Waals surface area contributed by atoms with Crippen LogP contribution in [0.3, 0.4) is 0 Å². The van der Waals surface area contributed by atoms with Crippen molar-refractivity contribution >= 4 is 5.82 Å². The first-order valence-corrected chi connectivity index (χ1v) is 6.42. The van der Waals surface area contributed by atoms with Crippen LogP contribution >= 0.6 is 0 Å². The topological polar surface area (TPSA) is 48.7 Å². The lowest BCUT2D eigenvalue weighted by molar-refractivity contribution is 1.03. The molecule has 0 saturated carbocycles. The van der Waals surface area contributed by atoms with Gasteiger partial charge in [-0.3, -0.25) is 0 Å². The molecule has 3 nitrogen and oxygen atoms in total. The van der Waals surface area contributed by atoms with Crippen molar-refractivity contribution in [3.63, 3.8) is 0 Å². The predicted octanol–water partition coefficient (Wildman–Crippen LogP) is 3.44. The monoisotopic (exact) mass is 251 g/mol. The summed E-state index contributed by atoms with van der Waals surface area (Å²) in [6.45, 7) is 4.75. The minimum atomic E-state index is 0.622. The smallest absolute Gasteiger partial charge is 0.144 e. The van der Waals surface area contributed by atoms with Gasteiger partial charge in [-0.15, -0.1) is 0 Å². The van der Waals surface area contributed by atoms with E-state index in [2.05, 4.69) is 35.4 Å². The quantitative estimate of drug-likeness (QED) is 0.905. The van der Waals surface area contributed by atoms with Crippen LogP contribution in [-0.2, 0) is 13.0 Å². The molecule has 19 heavy (non-hydrogen) atoms. The van der Waals surface area contributed by atoms with Crippen molar-refractivity contribution in [3.05, 3.63) is 58.8 Å². The Bertz CT molecular complexity index is 612. The molecule has 0 aliphatic carbocycles. The number of benzene rings is 1.